The van der Waals surface area contributed by atoms with Crippen molar-refractivity contribution in [1.29, 1.82) is 0 Å². The Morgan fingerprint density at radius 2 is 2.00 bits per heavy atom. The minimum absolute atomic E-state index is 0.122. The van der Waals surface area contributed by atoms with Crippen LogP contribution in [0.4, 0.5) is 11.4 Å². The van der Waals surface area contributed by atoms with Gasteiger partial charge in [-0.1, -0.05) is 11.6 Å². The van der Waals surface area contributed by atoms with Crippen LogP contribution in [0, 0.1) is 5.41 Å². The summed E-state index contributed by atoms with van der Waals surface area (Å²) in [7, 11) is 3.82. The molecule has 100 valence electrons. The second kappa shape index (κ2) is 5.81. The molecule has 5 heteroatoms. The predicted octanol–water partition coefficient (Wildman–Crippen LogP) is 3.61. The number of nitrogens with zero attached hydrogens (tertiary/aromatic N) is 1. The molecule has 0 radical (unpaired) electrons. The van der Waals surface area contributed by atoms with Gasteiger partial charge in [-0.3, -0.25) is 4.79 Å². The summed E-state index contributed by atoms with van der Waals surface area (Å²) in [5.41, 5.74) is 0.974. The zero-order chi connectivity index (χ0) is 13.9. The number of anilines is 2. The van der Waals surface area contributed by atoms with Crippen LogP contribution in [-0.4, -0.2) is 25.9 Å². The van der Waals surface area contributed by atoms with E-state index in [0.29, 0.717) is 10.7 Å². The lowest BCUT2D eigenvalue weighted by Gasteiger charge is -2.23. The third kappa shape index (κ3) is 3.53. The molecular weight excluding hydrogens is 271 g/mol. The lowest BCUT2D eigenvalue weighted by molar-refractivity contribution is -0.122. The summed E-state index contributed by atoms with van der Waals surface area (Å²) in [6.07, 6.45) is 0. The fraction of sp³-hybridized carbons (Fsp3) is 0.462. The van der Waals surface area contributed by atoms with Crippen LogP contribution in [0.2, 0.25) is 5.02 Å². The van der Waals surface area contributed by atoms with Crippen molar-refractivity contribution in [2.24, 2.45) is 5.41 Å². The quantitative estimate of drug-likeness (QED) is 0.859. The maximum atomic E-state index is 12.1. The summed E-state index contributed by atoms with van der Waals surface area (Å²) < 4.78 is 0. The van der Waals surface area contributed by atoms with Crippen molar-refractivity contribution in [3.63, 3.8) is 0 Å². The van der Waals surface area contributed by atoms with Crippen molar-refractivity contribution >= 4 is 40.5 Å². The van der Waals surface area contributed by atoms with Crippen LogP contribution in [0.15, 0.2) is 18.2 Å². The highest BCUT2D eigenvalue weighted by molar-refractivity contribution is 6.31. The van der Waals surface area contributed by atoms with E-state index in [-0.39, 0.29) is 11.8 Å². The van der Waals surface area contributed by atoms with E-state index in [9.17, 15) is 4.79 Å². The normalized spacial score (nSPS) is 11.2. The summed E-state index contributed by atoms with van der Waals surface area (Å²) in [5, 5.41) is 3.46. The first-order valence-corrected chi connectivity index (χ1v) is 6.53. The smallest absolute Gasteiger partial charge is 0.231 e. The average molecular weight is 289 g/mol. The van der Waals surface area contributed by atoms with Gasteiger partial charge in [0.05, 0.1) is 16.8 Å². The Hall–Kier alpha value is -0.930. The molecule has 0 saturated carbocycles. The SMILES string of the molecule is CN(C)c1ccc(Cl)cc1NC(=O)C(C)(C)CCl. The minimum Gasteiger partial charge on any atom is -0.376 e. The van der Waals surface area contributed by atoms with Gasteiger partial charge in [-0.05, 0) is 32.0 Å². The summed E-state index contributed by atoms with van der Waals surface area (Å²) in [6, 6.07) is 5.39. The topological polar surface area (TPSA) is 32.3 Å². The molecule has 0 heterocycles. The number of amides is 1. The highest BCUT2D eigenvalue weighted by atomic mass is 35.5. The van der Waals surface area contributed by atoms with Gasteiger partial charge in [-0.2, -0.15) is 0 Å². The molecule has 0 spiro atoms. The van der Waals surface area contributed by atoms with E-state index in [0.717, 1.165) is 5.69 Å². The van der Waals surface area contributed by atoms with Crippen molar-refractivity contribution in [3.05, 3.63) is 23.2 Å². The fourth-order valence-electron chi connectivity index (χ4n) is 1.35. The maximum Gasteiger partial charge on any atom is 0.231 e. The molecule has 1 amide bonds. The molecule has 0 fully saturated rings. The molecule has 1 aromatic carbocycles. The molecule has 0 aliphatic rings. The highest BCUT2D eigenvalue weighted by Gasteiger charge is 2.27. The number of alkyl halides is 1. The molecule has 0 aromatic heterocycles. The third-order valence-corrected chi connectivity index (χ3v) is 3.54. The molecule has 18 heavy (non-hydrogen) atoms. The van der Waals surface area contributed by atoms with Crippen molar-refractivity contribution in [2.75, 3.05) is 30.2 Å². The van der Waals surface area contributed by atoms with Crippen molar-refractivity contribution in [3.8, 4) is 0 Å². The summed E-state index contributed by atoms with van der Waals surface area (Å²) in [5.74, 6) is 0.138. The van der Waals surface area contributed by atoms with Crippen LogP contribution in [0.25, 0.3) is 0 Å². The average Bonchev–Trinajstić information content (AvgIpc) is 2.28. The van der Waals surface area contributed by atoms with Crippen molar-refractivity contribution in [2.45, 2.75) is 13.8 Å². The molecule has 0 aliphatic carbocycles. The van der Waals surface area contributed by atoms with Crippen LogP contribution in [0.5, 0.6) is 0 Å². The Balaban J connectivity index is 3.03. The molecule has 3 nitrogen and oxygen atoms in total. The monoisotopic (exact) mass is 288 g/mol. The second-order valence-electron chi connectivity index (χ2n) is 5.03. The maximum absolute atomic E-state index is 12.1. The van der Waals surface area contributed by atoms with Gasteiger partial charge in [-0.15, -0.1) is 11.6 Å². The van der Waals surface area contributed by atoms with Crippen LogP contribution < -0.4 is 10.2 Å². The molecule has 0 unspecified atom stereocenters. The van der Waals surface area contributed by atoms with Crippen LogP contribution in [0.3, 0.4) is 0 Å². The van der Waals surface area contributed by atoms with Gasteiger partial charge >= 0.3 is 0 Å². The minimum atomic E-state index is -0.618. The zero-order valence-electron chi connectivity index (χ0n) is 11.1. The van der Waals surface area contributed by atoms with Gasteiger partial charge in [0, 0.05) is 25.0 Å². The summed E-state index contributed by atoms with van der Waals surface area (Å²) in [6.45, 7) is 3.60. The van der Waals surface area contributed by atoms with Gasteiger partial charge in [0.15, 0.2) is 0 Å². The molecule has 1 rings (SSSR count). The van der Waals surface area contributed by atoms with Crippen molar-refractivity contribution < 1.29 is 4.79 Å². The van der Waals surface area contributed by atoms with E-state index in [4.69, 9.17) is 23.2 Å². The van der Waals surface area contributed by atoms with E-state index in [1.54, 1.807) is 26.0 Å². The number of hydrogen-bond donors (Lipinski definition) is 1. The Labute approximate surface area is 118 Å². The molecule has 0 atom stereocenters. The first-order chi connectivity index (χ1) is 8.27. The number of hydrogen-bond acceptors (Lipinski definition) is 2. The zero-order valence-corrected chi connectivity index (χ0v) is 12.6. The van der Waals surface area contributed by atoms with E-state index in [1.807, 2.05) is 25.1 Å². The molecule has 1 aromatic rings. The van der Waals surface area contributed by atoms with Crippen LogP contribution >= 0.6 is 23.2 Å². The largest absolute Gasteiger partial charge is 0.376 e. The number of rotatable bonds is 4. The van der Waals surface area contributed by atoms with E-state index in [2.05, 4.69) is 5.32 Å². The van der Waals surface area contributed by atoms with E-state index >= 15 is 0 Å². The highest BCUT2D eigenvalue weighted by Crippen LogP contribution is 2.29. The Kier molecular flexibility index (Phi) is 4.88. The Morgan fingerprint density at radius 3 is 2.50 bits per heavy atom. The van der Waals surface area contributed by atoms with E-state index < -0.39 is 5.41 Å². The van der Waals surface area contributed by atoms with Gasteiger partial charge < -0.3 is 10.2 Å². The number of benzene rings is 1. The van der Waals surface area contributed by atoms with Gasteiger partial charge in [0.25, 0.3) is 0 Å². The van der Waals surface area contributed by atoms with Gasteiger partial charge in [-0.25, -0.2) is 0 Å². The van der Waals surface area contributed by atoms with Crippen LogP contribution in [-0.2, 0) is 4.79 Å². The van der Waals surface area contributed by atoms with Gasteiger partial charge in [0.1, 0.15) is 0 Å². The second-order valence-corrected chi connectivity index (χ2v) is 5.73. The van der Waals surface area contributed by atoms with Gasteiger partial charge in [0.2, 0.25) is 5.91 Å². The Bertz CT molecular complexity index is 445. The summed E-state index contributed by atoms with van der Waals surface area (Å²) in [4.78, 5) is 14.0. The summed E-state index contributed by atoms with van der Waals surface area (Å²) >= 11 is 11.7. The lowest BCUT2D eigenvalue weighted by atomic mass is 9.95. The number of halogens is 2. The van der Waals surface area contributed by atoms with Crippen molar-refractivity contribution in [1.82, 2.24) is 0 Å². The third-order valence-electron chi connectivity index (χ3n) is 2.64. The fourth-order valence-corrected chi connectivity index (χ4v) is 1.64. The standard InChI is InChI=1S/C13H18Cl2N2O/c1-13(2,8-14)12(18)16-10-7-9(15)5-6-11(10)17(3)4/h5-7H,8H2,1-4H3,(H,16,18). The Morgan fingerprint density at radius 1 is 1.39 bits per heavy atom. The predicted molar refractivity (Wildman–Crippen MR) is 78.9 cm³/mol. The first kappa shape index (κ1) is 15.1. The van der Waals surface area contributed by atoms with Crippen LogP contribution in [0.1, 0.15) is 13.8 Å². The number of carbonyl (C=O) groups is 1. The molecular formula is C13H18Cl2N2O. The molecule has 0 bridgehead atoms. The molecule has 0 aliphatic heterocycles. The van der Waals surface area contributed by atoms with E-state index in [1.165, 1.54) is 0 Å². The molecule has 0 saturated heterocycles. The number of nitrogens with one attached hydrogen (secondary N) is 1. The number of carbonyl (C=O) groups excluding carboxylic acids is 1. The molecule has 1 N–H and O–H groups in total. The lowest BCUT2D eigenvalue weighted by Crippen LogP contribution is -2.32. The first-order valence-electron chi connectivity index (χ1n) is 5.62.